The molecule has 3 atom stereocenters. The Hall–Kier alpha value is -2.73. The lowest BCUT2D eigenvalue weighted by molar-refractivity contribution is 0.601. The van der Waals surface area contributed by atoms with Gasteiger partial charge in [-0.2, -0.15) is 17.5 Å². The number of benzene rings is 2. The van der Waals surface area contributed by atoms with Crippen LogP contribution in [0.2, 0.25) is 0 Å². The predicted octanol–water partition coefficient (Wildman–Crippen LogP) is 7.69. The van der Waals surface area contributed by atoms with Crippen molar-refractivity contribution in [1.29, 1.82) is 0 Å². The van der Waals surface area contributed by atoms with Crippen LogP contribution < -0.4 is 0 Å². The fourth-order valence-corrected chi connectivity index (χ4v) is 6.35. The van der Waals surface area contributed by atoms with E-state index in [0.717, 1.165) is 12.8 Å². The largest absolute Gasteiger partial charge is 0.184 e. The second kappa shape index (κ2) is 7.20. The molecule has 0 nitrogen and oxygen atoms in total. The molecule has 0 aromatic heterocycles. The first kappa shape index (κ1) is 18.1. The summed E-state index contributed by atoms with van der Waals surface area (Å²) in [5.74, 6) is 3.27. The average molecular weight is 390 g/mol. The number of fused-ring (bicyclic) bond motifs is 6. The van der Waals surface area contributed by atoms with E-state index in [4.69, 9.17) is 0 Å². The zero-order valence-corrected chi connectivity index (χ0v) is 17.8. The van der Waals surface area contributed by atoms with Gasteiger partial charge in [0.05, 0.1) is 0 Å². The Morgan fingerprint density at radius 3 is 2.80 bits per heavy atom. The highest BCUT2D eigenvalue weighted by Crippen LogP contribution is 2.59. The minimum Gasteiger partial charge on any atom is -0.184 e. The minimum absolute atomic E-state index is 0.507. The molecule has 4 aliphatic rings. The summed E-state index contributed by atoms with van der Waals surface area (Å²) in [6.45, 7) is 2.32. The highest BCUT2D eigenvalue weighted by molar-refractivity contribution is 5.91. The van der Waals surface area contributed by atoms with Gasteiger partial charge in [-0.3, -0.25) is 0 Å². The van der Waals surface area contributed by atoms with Gasteiger partial charge < -0.3 is 0 Å². The molecule has 0 fully saturated rings. The quantitative estimate of drug-likeness (QED) is 0.462. The number of hydrogen-bond donors (Lipinski definition) is 0. The molecule has 30 heavy (non-hydrogen) atoms. The molecular weight excluding hydrogens is 360 g/mol. The van der Waals surface area contributed by atoms with Crippen LogP contribution in [0.25, 0.3) is 5.57 Å². The molecule has 0 heterocycles. The highest BCUT2D eigenvalue weighted by atomic mass is 14.5. The SMILES string of the molecule is CCC[C-]1c2ccccc2C2C=C3C(=CC12)C1CC/C=C\C=C/Cc2cccc3c21. The lowest BCUT2D eigenvalue weighted by atomic mass is 9.76. The van der Waals surface area contributed by atoms with Gasteiger partial charge in [-0.05, 0) is 58.9 Å². The Kier molecular flexibility index (Phi) is 4.34. The van der Waals surface area contributed by atoms with Crippen molar-refractivity contribution in [3.8, 4) is 0 Å². The lowest BCUT2D eigenvalue weighted by Crippen LogP contribution is -2.15. The highest BCUT2D eigenvalue weighted by Gasteiger charge is 2.40. The van der Waals surface area contributed by atoms with Crippen molar-refractivity contribution < 1.29 is 0 Å². The van der Waals surface area contributed by atoms with Crippen molar-refractivity contribution in [2.45, 2.75) is 50.9 Å². The molecule has 0 radical (unpaired) electrons. The van der Waals surface area contributed by atoms with Crippen molar-refractivity contribution in [1.82, 2.24) is 0 Å². The fraction of sp³-hybridized carbons (Fsp3) is 0.300. The summed E-state index contributed by atoms with van der Waals surface area (Å²) < 4.78 is 0. The summed E-state index contributed by atoms with van der Waals surface area (Å²) in [4.78, 5) is 0. The third-order valence-corrected chi connectivity index (χ3v) is 7.54. The zero-order valence-electron chi connectivity index (χ0n) is 17.8. The van der Waals surface area contributed by atoms with E-state index in [-0.39, 0.29) is 0 Å². The van der Waals surface area contributed by atoms with E-state index in [1.165, 1.54) is 41.5 Å². The van der Waals surface area contributed by atoms with E-state index >= 15 is 0 Å². The van der Waals surface area contributed by atoms with Crippen LogP contribution >= 0.6 is 0 Å². The Morgan fingerprint density at radius 1 is 0.967 bits per heavy atom. The maximum Gasteiger partial charge on any atom is 0.0104 e. The standard InChI is InChI=1S/C30H29/c1-2-11-21-22-14-8-9-15-23(22)27-19-29-25-17-10-13-20-12-6-4-3-5-7-16-24(30(20)25)28(29)18-26(21)27/h3-6,8-10,13-15,17-19,24,26-27H,2,7,11-12,16H2,1H3/q-1/b5-3-,6-4-. The molecule has 0 bridgehead atoms. The monoisotopic (exact) mass is 389 g/mol. The number of allylic oxidation sites excluding steroid dienone is 8. The molecule has 2 aromatic carbocycles. The van der Waals surface area contributed by atoms with E-state index in [1.54, 1.807) is 22.6 Å². The molecule has 0 amide bonds. The van der Waals surface area contributed by atoms with Crippen molar-refractivity contribution >= 4 is 5.57 Å². The normalized spacial score (nSPS) is 27.9. The Labute approximate surface area is 180 Å². The van der Waals surface area contributed by atoms with Gasteiger partial charge in [-0.1, -0.05) is 80.5 Å². The van der Waals surface area contributed by atoms with E-state index in [0.29, 0.717) is 17.8 Å². The first-order valence-corrected chi connectivity index (χ1v) is 11.7. The van der Waals surface area contributed by atoms with Gasteiger partial charge in [0.2, 0.25) is 0 Å². The van der Waals surface area contributed by atoms with Gasteiger partial charge >= 0.3 is 0 Å². The van der Waals surface area contributed by atoms with Crippen molar-refractivity contribution in [3.05, 3.63) is 118 Å². The predicted molar refractivity (Wildman–Crippen MR) is 126 cm³/mol. The van der Waals surface area contributed by atoms with E-state index in [2.05, 4.69) is 85.8 Å². The summed E-state index contributed by atoms with van der Waals surface area (Å²) in [7, 11) is 0. The van der Waals surface area contributed by atoms with Crippen LogP contribution in [-0.4, -0.2) is 0 Å². The molecule has 0 spiro atoms. The summed E-state index contributed by atoms with van der Waals surface area (Å²) in [6.07, 6.45) is 20.3. The number of rotatable bonds is 2. The van der Waals surface area contributed by atoms with Crippen LogP contribution in [-0.2, 0) is 6.42 Å². The zero-order chi connectivity index (χ0) is 20.1. The Balaban J connectivity index is 1.52. The minimum atomic E-state index is 0.507. The molecule has 4 aliphatic carbocycles. The Morgan fingerprint density at radius 2 is 1.87 bits per heavy atom. The Bertz CT molecular complexity index is 1110. The molecule has 3 unspecified atom stereocenters. The van der Waals surface area contributed by atoms with Crippen LogP contribution in [0.15, 0.2) is 84.5 Å². The van der Waals surface area contributed by atoms with Gasteiger partial charge in [0, 0.05) is 5.92 Å². The molecule has 0 saturated heterocycles. The maximum atomic E-state index is 2.69. The first-order chi connectivity index (χ1) is 14.9. The topological polar surface area (TPSA) is 0 Å². The van der Waals surface area contributed by atoms with Gasteiger partial charge in [-0.15, -0.1) is 17.7 Å². The smallest absolute Gasteiger partial charge is 0.0104 e. The maximum absolute atomic E-state index is 2.69. The summed E-state index contributed by atoms with van der Waals surface area (Å²) >= 11 is 0. The van der Waals surface area contributed by atoms with Gasteiger partial charge in [0.1, 0.15) is 0 Å². The lowest BCUT2D eigenvalue weighted by Gasteiger charge is -2.32. The van der Waals surface area contributed by atoms with Gasteiger partial charge in [0.15, 0.2) is 0 Å². The van der Waals surface area contributed by atoms with Crippen LogP contribution in [0, 0.1) is 11.8 Å². The van der Waals surface area contributed by atoms with Gasteiger partial charge in [-0.25, -0.2) is 0 Å². The van der Waals surface area contributed by atoms with E-state index in [9.17, 15) is 0 Å². The van der Waals surface area contributed by atoms with Crippen molar-refractivity contribution in [3.63, 3.8) is 0 Å². The number of hydrogen-bond acceptors (Lipinski definition) is 0. The fourth-order valence-electron chi connectivity index (χ4n) is 6.35. The second-order valence-corrected chi connectivity index (χ2v) is 9.19. The summed E-state index contributed by atoms with van der Waals surface area (Å²) in [6, 6.07) is 16.2. The molecule has 150 valence electrons. The van der Waals surface area contributed by atoms with Crippen LogP contribution in [0.1, 0.15) is 72.3 Å². The van der Waals surface area contributed by atoms with Crippen molar-refractivity contribution in [2.75, 3.05) is 0 Å². The average Bonchev–Trinajstić information content (AvgIpc) is 3.26. The molecule has 0 N–H and O–H groups in total. The third-order valence-electron chi connectivity index (χ3n) is 7.54. The second-order valence-electron chi connectivity index (χ2n) is 9.19. The summed E-state index contributed by atoms with van der Waals surface area (Å²) in [5.41, 5.74) is 10.8. The molecule has 0 heteroatoms. The van der Waals surface area contributed by atoms with Crippen LogP contribution in [0.4, 0.5) is 0 Å². The van der Waals surface area contributed by atoms with Crippen LogP contribution in [0.5, 0.6) is 0 Å². The van der Waals surface area contributed by atoms with E-state index in [1.807, 2.05) is 0 Å². The molecule has 6 rings (SSSR count). The first-order valence-electron chi connectivity index (χ1n) is 11.7. The molecular formula is C30H29-. The van der Waals surface area contributed by atoms with Crippen molar-refractivity contribution in [2.24, 2.45) is 5.92 Å². The molecule has 0 saturated carbocycles. The van der Waals surface area contributed by atoms with Crippen LogP contribution in [0.3, 0.4) is 0 Å². The molecule has 2 aromatic rings. The van der Waals surface area contributed by atoms with Gasteiger partial charge in [0.25, 0.3) is 0 Å². The molecule has 0 aliphatic heterocycles. The van der Waals surface area contributed by atoms with E-state index < -0.39 is 0 Å². The summed E-state index contributed by atoms with van der Waals surface area (Å²) in [5, 5.41) is 0. The third kappa shape index (κ3) is 2.63.